The second-order valence-electron chi connectivity index (χ2n) is 3.92. The Morgan fingerprint density at radius 1 is 1.27 bits per heavy atom. The molecule has 86 valence electrons. The van der Waals surface area contributed by atoms with Crippen molar-refractivity contribution in [2.24, 2.45) is 0 Å². The molecule has 3 heteroatoms. The largest absolute Gasteiger partial charge is 0.310 e. The summed E-state index contributed by atoms with van der Waals surface area (Å²) in [6, 6.07) is 0.454. The van der Waals surface area contributed by atoms with E-state index in [1.54, 1.807) is 0 Å². The molecule has 0 spiro atoms. The van der Waals surface area contributed by atoms with Crippen LogP contribution < -0.4 is 5.32 Å². The third-order valence-corrected chi connectivity index (χ3v) is 2.94. The van der Waals surface area contributed by atoms with E-state index in [-0.39, 0.29) is 0 Å². The lowest BCUT2D eigenvalue weighted by atomic mass is 10.0. The van der Waals surface area contributed by atoms with E-state index >= 15 is 0 Å². The van der Waals surface area contributed by atoms with Gasteiger partial charge in [0.1, 0.15) is 0 Å². The molecule has 0 radical (unpaired) electrons. The van der Waals surface area contributed by atoms with Gasteiger partial charge in [-0.05, 0) is 33.7 Å². The molecule has 1 unspecified atom stereocenters. The number of nitrogens with zero attached hydrogens (tertiary/aromatic N) is 2. The summed E-state index contributed by atoms with van der Waals surface area (Å²) in [5.74, 6) is 0. The topological polar surface area (TPSA) is 29.9 Å². The van der Waals surface area contributed by atoms with Crippen LogP contribution in [-0.4, -0.2) is 16.3 Å². The molecule has 0 aromatic carbocycles. The highest BCUT2D eigenvalue weighted by atomic mass is 15.3. The molecule has 0 saturated carbocycles. The van der Waals surface area contributed by atoms with Crippen LogP contribution in [0.1, 0.15) is 50.2 Å². The lowest BCUT2D eigenvalue weighted by Crippen LogP contribution is -2.21. The van der Waals surface area contributed by atoms with Gasteiger partial charge in [0.2, 0.25) is 0 Å². The maximum absolute atomic E-state index is 4.56. The number of rotatable bonds is 5. The van der Waals surface area contributed by atoms with Crippen molar-refractivity contribution in [2.45, 2.75) is 53.6 Å². The van der Waals surface area contributed by atoms with Gasteiger partial charge in [-0.25, -0.2) is 0 Å². The molecule has 0 aliphatic carbocycles. The standard InChI is InChI=1S/C12H23N3/c1-6-11(13-7-2)12-9(4)14-15(8-3)10(12)5/h11,13H,6-8H2,1-5H3. The van der Waals surface area contributed by atoms with Crippen molar-refractivity contribution in [1.82, 2.24) is 15.1 Å². The van der Waals surface area contributed by atoms with Crippen molar-refractivity contribution in [2.75, 3.05) is 6.54 Å². The molecule has 0 aliphatic rings. The predicted molar refractivity (Wildman–Crippen MR) is 64.1 cm³/mol. The second kappa shape index (κ2) is 5.31. The average molecular weight is 209 g/mol. The molecule has 1 heterocycles. The molecule has 1 atom stereocenters. The van der Waals surface area contributed by atoms with Crippen molar-refractivity contribution < 1.29 is 0 Å². The fraction of sp³-hybridized carbons (Fsp3) is 0.750. The minimum Gasteiger partial charge on any atom is -0.310 e. The van der Waals surface area contributed by atoms with Crippen LogP contribution in [0.15, 0.2) is 0 Å². The van der Waals surface area contributed by atoms with Crippen LogP contribution >= 0.6 is 0 Å². The molecule has 1 aromatic heterocycles. The van der Waals surface area contributed by atoms with E-state index in [9.17, 15) is 0 Å². The van der Waals surface area contributed by atoms with Crippen molar-refractivity contribution in [3.05, 3.63) is 17.0 Å². The third-order valence-electron chi connectivity index (χ3n) is 2.94. The molecule has 0 bridgehead atoms. The number of hydrogen-bond donors (Lipinski definition) is 1. The van der Waals surface area contributed by atoms with Gasteiger partial charge in [0.15, 0.2) is 0 Å². The summed E-state index contributed by atoms with van der Waals surface area (Å²) in [4.78, 5) is 0. The molecule has 1 aromatic rings. The molecule has 1 rings (SSSR count). The molecule has 0 fully saturated rings. The van der Waals surface area contributed by atoms with E-state index < -0.39 is 0 Å². The second-order valence-corrected chi connectivity index (χ2v) is 3.92. The van der Waals surface area contributed by atoms with Gasteiger partial charge in [0, 0.05) is 23.8 Å². The van der Waals surface area contributed by atoms with E-state index in [0.717, 1.165) is 19.5 Å². The molecule has 15 heavy (non-hydrogen) atoms. The molecular formula is C12H23N3. The molecule has 0 saturated heterocycles. The van der Waals surface area contributed by atoms with Gasteiger partial charge in [-0.1, -0.05) is 13.8 Å². The van der Waals surface area contributed by atoms with Gasteiger partial charge >= 0.3 is 0 Å². The van der Waals surface area contributed by atoms with Crippen molar-refractivity contribution in [3.8, 4) is 0 Å². The van der Waals surface area contributed by atoms with Crippen molar-refractivity contribution >= 4 is 0 Å². The highest BCUT2D eigenvalue weighted by molar-refractivity contribution is 5.28. The smallest absolute Gasteiger partial charge is 0.0644 e. The maximum atomic E-state index is 4.56. The quantitative estimate of drug-likeness (QED) is 0.807. The first-order chi connectivity index (χ1) is 7.15. The number of aromatic nitrogens is 2. The minimum atomic E-state index is 0.454. The van der Waals surface area contributed by atoms with E-state index in [2.05, 4.69) is 49.7 Å². The Kier molecular flexibility index (Phi) is 4.33. The van der Waals surface area contributed by atoms with Gasteiger partial charge in [-0.2, -0.15) is 5.10 Å². The Labute approximate surface area is 92.9 Å². The van der Waals surface area contributed by atoms with Crippen LogP contribution in [-0.2, 0) is 6.54 Å². The summed E-state index contributed by atoms with van der Waals surface area (Å²) in [7, 11) is 0. The van der Waals surface area contributed by atoms with Gasteiger partial charge in [-0.3, -0.25) is 4.68 Å². The molecule has 0 aliphatic heterocycles. The Hall–Kier alpha value is -0.830. The number of hydrogen-bond acceptors (Lipinski definition) is 2. The van der Waals surface area contributed by atoms with Gasteiger partial charge in [-0.15, -0.1) is 0 Å². The maximum Gasteiger partial charge on any atom is 0.0644 e. The summed E-state index contributed by atoms with van der Waals surface area (Å²) < 4.78 is 2.09. The molecule has 1 N–H and O–H groups in total. The zero-order chi connectivity index (χ0) is 11.4. The van der Waals surface area contributed by atoms with E-state index in [1.165, 1.54) is 17.0 Å². The van der Waals surface area contributed by atoms with Crippen LogP contribution in [0.2, 0.25) is 0 Å². The van der Waals surface area contributed by atoms with E-state index in [0.29, 0.717) is 6.04 Å². The van der Waals surface area contributed by atoms with Crippen LogP contribution in [0.25, 0.3) is 0 Å². The summed E-state index contributed by atoms with van der Waals surface area (Å²) in [6.45, 7) is 12.7. The van der Waals surface area contributed by atoms with Crippen LogP contribution in [0, 0.1) is 13.8 Å². The summed E-state index contributed by atoms with van der Waals surface area (Å²) >= 11 is 0. The normalized spacial score (nSPS) is 13.1. The third kappa shape index (κ3) is 2.40. The number of nitrogens with one attached hydrogen (secondary N) is 1. The zero-order valence-corrected chi connectivity index (χ0v) is 10.6. The fourth-order valence-corrected chi connectivity index (χ4v) is 2.22. The first-order valence-corrected chi connectivity index (χ1v) is 5.92. The summed E-state index contributed by atoms with van der Waals surface area (Å²) in [5, 5.41) is 8.07. The first-order valence-electron chi connectivity index (χ1n) is 5.92. The SMILES string of the molecule is CCNC(CC)c1c(C)nn(CC)c1C. The highest BCUT2D eigenvalue weighted by Gasteiger charge is 2.17. The fourth-order valence-electron chi connectivity index (χ4n) is 2.22. The zero-order valence-electron chi connectivity index (χ0n) is 10.6. The predicted octanol–water partition coefficient (Wildman–Crippen LogP) is 2.58. The molecular weight excluding hydrogens is 186 g/mol. The van der Waals surface area contributed by atoms with Crippen LogP contribution in [0.4, 0.5) is 0 Å². The van der Waals surface area contributed by atoms with Gasteiger partial charge < -0.3 is 5.32 Å². The molecule has 0 amide bonds. The summed E-state index contributed by atoms with van der Waals surface area (Å²) in [6.07, 6.45) is 1.12. The van der Waals surface area contributed by atoms with Crippen LogP contribution in [0.3, 0.4) is 0 Å². The van der Waals surface area contributed by atoms with Crippen molar-refractivity contribution in [1.29, 1.82) is 0 Å². The monoisotopic (exact) mass is 209 g/mol. The number of aryl methyl sites for hydroxylation is 2. The average Bonchev–Trinajstić information content (AvgIpc) is 2.51. The molecule has 3 nitrogen and oxygen atoms in total. The highest BCUT2D eigenvalue weighted by Crippen LogP contribution is 2.23. The Morgan fingerprint density at radius 2 is 1.93 bits per heavy atom. The Bertz CT molecular complexity index is 315. The Morgan fingerprint density at radius 3 is 2.33 bits per heavy atom. The van der Waals surface area contributed by atoms with E-state index in [1.807, 2.05) is 0 Å². The lowest BCUT2D eigenvalue weighted by molar-refractivity contribution is 0.530. The first kappa shape index (κ1) is 12.2. The minimum absolute atomic E-state index is 0.454. The van der Waals surface area contributed by atoms with E-state index in [4.69, 9.17) is 0 Å². The lowest BCUT2D eigenvalue weighted by Gasteiger charge is -2.16. The Balaban J connectivity index is 3.05. The van der Waals surface area contributed by atoms with Gasteiger partial charge in [0.25, 0.3) is 0 Å². The van der Waals surface area contributed by atoms with Crippen molar-refractivity contribution in [3.63, 3.8) is 0 Å². The van der Waals surface area contributed by atoms with Gasteiger partial charge in [0.05, 0.1) is 5.69 Å². The summed E-state index contributed by atoms with van der Waals surface area (Å²) in [5.41, 5.74) is 3.87. The van der Waals surface area contributed by atoms with Crippen LogP contribution in [0.5, 0.6) is 0 Å².